The zero-order chi connectivity index (χ0) is 50.4. The molecule has 17 atom stereocenters. The Bertz CT molecular complexity index is 1870. The van der Waals surface area contributed by atoms with Gasteiger partial charge in [0.15, 0.2) is 12.6 Å². The van der Waals surface area contributed by atoms with Crippen molar-refractivity contribution in [3.8, 4) is 0 Å². The Hall–Kier alpha value is -3.62. The van der Waals surface area contributed by atoms with E-state index in [2.05, 4.69) is 34.5 Å². The minimum Gasteiger partial charge on any atom is -0.462 e. The molecule has 0 spiro atoms. The fourth-order valence-corrected chi connectivity index (χ4v) is 10.00. The van der Waals surface area contributed by atoms with Gasteiger partial charge in [0.25, 0.3) is 0 Å². The van der Waals surface area contributed by atoms with Crippen LogP contribution in [0.3, 0.4) is 0 Å². The fraction of sp³-hybridized carbons (Fsp3) is 0.660. The molecule has 0 saturated carbocycles. The van der Waals surface area contributed by atoms with Crippen molar-refractivity contribution >= 4 is 11.9 Å². The number of aliphatic hydroxyl groups excluding tert-OH is 4. The smallest absolute Gasteiger partial charge is 0.308 e. The molecule has 2 aromatic carbocycles. The van der Waals surface area contributed by atoms with Crippen LogP contribution in [0.25, 0.3) is 0 Å². The molecule has 0 aliphatic carbocycles. The normalized spacial score (nSPS) is 36.8. The van der Waals surface area contributed by atoms with Crippen LogP contribution in [0, 0.1) is 17.8 Å². The molecule has 69 heavy (non-hydrogen) atoms. The molecule has 1 amide bonds. The fourth-order valence-electron chi connectivity index (χ4n) is 10.00. The molecule has 386 valence electrons. The van der Waals surface area contributed by atoms with E-state index in [0.717, 1.165) is 16.7 Å². The number of ether oxygens (including phenoxy) is 7. The van der Waals surface area contributed by atoms with Crippen LogP contribution >= 0.6 is 0 Å². The maximum atomic E-state index is 14.1. The molecule has 5 N–H and O–H groups in total. The molecule has 0 radical (unpaired) electrons. The van der Waals surface area contributed by atoms with Crippen LogP contribution in [0.1, 0.15) is 78.4 Å². The summed E-state index contributed by atoms with van der Waals surface area (Å²) in [7, 11) is 6.51. The van der Waals surface area contributed by atoms with Gasteiger partial charge in [-0.1, -0.05) is 92.2 Å². The first-order valence-electron chi connectivity index (χ1n) is 24.6. The molecule has 3 heterocycles. The average Bonchev–Trinajstić information content (AvgIpc) is 3.31. The molecule has 16 heteroatoms. The van der Waals surface area contributed by atoms with E-state index in [-0.39, 0.29) is 30.9 Å². The van der Waals surface area contributed by atoms with Crippen molar-refractivity contribution in [2.75, 3.05) is 41.5 Å². The highest BCUT2D eigenvalue weighted by Crippen LogP contribution is 2.35. The van der Waals surface area contributed by atoms with Gasteiger partial charge in [0.2, 0.25) is 5.91 Å². The van der Waals surface area contributed by atoms with Gasteiger partial charge in [-0.2, -0.15) is 0 Å². The topological polar surface area (TPSA) is 198 Å². The molecule has 0 bridgehead atoms. The summed E-state index contributed by atoms with van der Waals surface area (Å²) in [6.45, 7) is 12.9. The summed E-state index contributed by atoms with van der Waals surface area (Å²) in [5, 5.41) is 49.0. The SMILES string of the molecule is CCC1OC(=O)C[C@@H](O)[C@H](C)[C@@H](O[C@@H]2O[C@H](C)[C@@H](O)[C@H](N(C)C)[C@H]2O)[C@@H](CCN(Cc2ccccc2)Cc2ccccc2)C[C@@H](C)NC(=O)/C=C/C(C)=C/[C@@H]1CO[C@@H]1O[C@H](C)[C@@H](O)[C@@H](OC)[C@H]1OC. The van der Waals surface area contributed by atoms with E-state index in [4.69, 9.17) is 33.2 Å². The molecule has 3 aliphatic heterocycles. The molecule has 16 nitrogen and oxygen atoms in total. The quantitative estimate of drug-likeness (QED) is 0.149. The van der Waals surface area contributed by atoms with E-state index in [1.54, 1.807) is 38.9 Å². The number of benzene rings is 2. The lowest BCUT2D eigenvalue weighted by Crippen LogP contribution is -2.63. The molecule has 2 saturated heterocycles. The standard InChI is InChI=1S/C53H81N3O13/c1-11-42-40(31-65-53-51(64-10)50(63-9)47(61)36(6)67-53)26-32(2)22-23-43(58)54-33(3)27-39(24-25-56(29-37-18-14-12-15-19-37)30-38-20-16-13-17-21-38)49(34(4)41(57)28-44(59)68-42)69-52-48(62)45(55(7)8)46(60)35(5)66-52/h12-23,26,33-36,39-42,45-53,57,60-62H,11,24-25,27-31H2,1-10H3,(H,54,58)/b23-22+,32-26+/t33-,34+,35-,36-,39+,40-,41-,42?,45+,46-,47-,48-,49-,50-,51-,52+,53-/m1/s1. The predicted molar refractivity (Wildman–Crippen MR) is 260 cm³/mol. The summed E-state index contributed by atoms with van der Waals surface area (Å²) in [5.41, 5.74) is 3.00. The lowest BCUT2D eigenvalue weighted by Gasteiger charge is -2.47. The number of allylic oxidation sites excluding steroid dienone is 2. The molecule has 2 aromatic rings. The van der Waals surface area contributed by atoms with Crippen molar-refractivity contribution in [3.05, 3.63) is 95.6 Å². The number of cyclic esters (lactones) is 1. The first-order valence-corrected chi connectivity index (χ1v) is 24.6. The highest BCUT2D eigenvalue weighted by atomic mass is 16.7. The first-order chi connectivity index (χ1) is 32.9. The number of hydrogen-bond acceptors (Lipinski definition) is 15. The largest absolute Gasteiger partial charge is 0.462 e. The summed E-state index contributed by atoms with van der Waals surface area (Å²) in [6.07, 6.45) is -4.95. The van der Waals surface area contributed by atoms with Crippen LogP contribution in [0.15, 0.2) is 84.5 Å². The number of likely N-dealkylation sites (N-methyl/N-ethyl adjacent to an activating group) is 1. The number of carbonyl (C=O) groups excluding carboxylic acids is 2. The number of nitrogens with one attached hydrogen (secondary N) is 1. The van der Waals surface area contributed by atoms with E-state index < -0.39 is 97.5 Å². The molecular weight excluding hydrogens is 887 g/mol. The van der Waals surface area contributed by atoms with Gasteiger partial charge in [-0.15, -0.1) is 0 Å². The molecule has 3 aliphatic rings. The zero-order valence-corrected chi connectivity index (χ0v) is 42.3. The number of rotatable bonds is 16. The third kappa shape index (κ3) is 15.9. The van der Waals surface area contributed by atoms with E-state index >= 15 is 0 Å². The van der Waals surface area contributed by atoms with Gasteiger partial charge in [0.1, 0.15) is 30.5 Å². The maximum Gasteiger partial charge on any atom is 0.308 e. The third-order valence-electron chi connectivity index (χ3n) is 13.9. The van der Waals surface area contributed by atoms with Crippen LogP contribution in [0.4, 0.5) is 0 Å². The second-order valence-electron chi connectivity index (χ2n) is 19.5. The Morgan fingerprint density at radius 2 is 1.36 bits per heavy atom. The maximum absolute atomic E-state index is 14.1. The molecule has 2 fully saturated rings. The number of nitrogens with zero attached hydrogens (tertiary/aromatic N) is 2. The number of amides is 1. The predicted octanol–water partition coefficient (Wildman–Crippen LogP) is 4.37. The highest BCUT2D eigenvalue weighted by molar-refractivity contribution is 5.88. The zero-order valence-electron chi connectivity index (χ0n) is 42.3. The lowest BCUT2D eigenvalue weighted by atomic mass is 9.81. The number of hydrogen-bond donors (Lipinski definition) is 5. The van der Waals surface area contributed by atoms with Crippen LogP contribution in [0.5, 0.6) is 0 Å². The number of carbonyl (C=O) groups is 2. The minimum atomic E-state index is -1.27. The number of aliphatic hydroxyl groups is 4. The second kappa shape index (κ2) is 27.3. The Labute approximate surface area is 409 Å². The number of methoxy groups -OCH3 is 2. The van der Waals surface area contributed by atoms with E-state index in [1.807, 2.05) is 70.2 Å². The van der Waals surface area contributed by atoms with Gasteiger partial charge in [0.05, 0.1) is 49.6 Å². The molecular formula is C53H81N3O13. The summed E-state index contributed by atoms with van der Waals surface area (Å²) in [5.74, 6) is -2.58. The van der Waals surface area contributed by atoms with Gasteiger partial charge >= 0.3 is 5.97 Å². The second-order valence-corrected chi connectivity index (χ2v) is 19.5. The van der Waals surface area contributed by atoms with Crippen LogP contribution in [0.2, 0.25) is 0 Å². The van der Waals surface area contributed by atoms with Gasteiger partial charge in [-0.3, -0.25) is 14.5 Å². The van der Waals surface area contributed by atoms with Crippen molar-refractivity contribution in [1.29, 1.82) is 0 Å². The lowest BCUT2D eigenvalue weighted by molar-refractivity contribution is -0.304. The summed E-state index contributed by atoms with van der Waals surface area (Å²) in [6, 6.07) is 19.3. The Balaban J connectivity index is 1.49. The van der Waals surface area contributed by atoms with Crippen molar-refractivity contribution in [2.24, 2.45) is 17.8 Å². The number of esters is 1. The van der Waals surface area contributed by atoms with Crippen molar-refractivity contribution < 1.29 is 63.2 Å². The van der Waals surface area contributed by atoms with Crippen molar-refractivity contribution in [3.63, 3.8) is 0 Å². The average molecular weight is 968 g/mol. The van der Waals surface area contributed by atoms with E-state index in [0.29, 0.717) is 38.9 Å². The summed E-state index contributed by atoms with van der Waals surface area (Å²) in [4.78, 5) is 31.9. The highest BCUT2D eigenvalue weighted by Gasteiger charge is 2.48. The van der Waals surface area contributed by atoms with Gasteiger partial charge in [-0.05, 0) is 84.6 Å². The van der Waals surface area contributed by atoms with Crippen LogP contribution < -0.4 is 5.32 Å². The van der Waals surface area contributed by atoms with E-state index in [9.17, 15) is 30.0 Å². The Morgan fingerprint density at radius 1 is 0.768 bits per heavy atom. The monoisotopic (exact) mass is 968 g/mol. The minimum absolute atomic E-state index is 0.0108. The van der Waals surface area contributed by atoms with Gasteiger partial charge in [-0.25, -0.2) is 0 Å². The molecule has 0 aromatic heterocycles. The molecule has 1 unspecified atom stereocenters. The van der Waals surface area contributed by atoms with Gasteiger partial charge < -0.3 is 63.8 Å². The van der Waals surface area contributed by atoms with Crippen molar-refractivity contribution in [1.82, 2.24) is 15.1 Å². The van der Waals surface area contributed by atoms with Gasteiger partial charge in [0, 0.05) is 51.3 Å². The Kier molecular flexibility index (Phi) is 22.3. The molecule has 5 rings (SSSR count). The third-order valence-corrected chi connectivity index (χ3v) is 13.9. The van der Waals surface area contributed by atoms with Crippen LogP contribution in [-0.2, 0) is 55.8 Å². The van der Waals surface area contributed by atoms with E-state index in [1.165, 1.54) is 20.3 Å². The van der Waals surface area contributed by atoms with Crippen molar-refractivity contribution in [2.45, 2.75) is 166 Å². The van der Waals surface area contributed by atoms with Crippen LogP contribution in [-0.4, -0.2) is 169 Å². The first kappa shape index (κ1) is 56.3. The summed E-state index contributed by atoms with van der Waals surface area (Å²) >= 11 is 0. The summed E-state index contributed by atoms with van der Waals surface area (Å²) < 4.78 is 42.9. The Morgan fingerprint density at radius 3 is 1.94 bits per heavy atom.